The third-order valence-corrected chi connectivity index (χ3v) is 4.20. The van der Waals surface area contributed by atoms with Gasteiger partial charge in [-0.2, -0.15) is 0 Å². The van der Waals surface area contributed by atoms with Gasteiger partial charge in [-0.15, -0.1) is 0 Å². The topological polar surface area (TPSA) is 58.6 Å². The first-order valence-corrected chi connectivity index (χ1v) is 8.38. The van der Waals surface area contributed by atoms with Crippen LogP contribution >= 0.6 is 0 Å². The van der Waals surface area contributed by atoms with Gasteiger partial charge in [0.1, 0.15) is 5.75 Å². The van der Waals surface area contributed by atoms with E-state index >= 15 is 0 Å². The Morgan fingerprint density at radius 1 is 1.30 bits per heavy atom. The molecular formula is C18H26N2O3. The highest BCUT2D eigenvalue weighted by Crippen LogP contribution is 2.32. The number of hydrogen-bond donors (Lipinski definition) is 1. The molecule has 5 nitrogen and oxygen atoms in total. The summed E-state index contributed by atoms with van der Waals surface area (Å²) in [6.45, 7) is 3.27. The summed E-state index contributed by atoms with van der Waals surface area (Å²) in [5, 5.41) is 2.96. The number of methoxy groups -OCH3 is 1. The first-order chi connectivity index (χ1) is 11.2. The Hall–Kier alpha value is -2.04. The van der Waals surface area contributed by atoms with E-state index in [1.165, 1.54) is 12.8 Å². The molecule has 1 fully saturated rings. The Morgan fingerprint density at radius 2 is 2.09 bits per heavy atom. The van der Waals surface area contributed by atoms with Crippen LogP contribution in [0.15, 0.2) is 24.3 Å². The third kappa shape index (κ3) is 4.47. The minimum atomic E-state index is -0.279. The second-order valence-corrected chi connectivity index (χ2v) is 5.93. The van der Waals surface area contributed by atoms with Crippen LogP contribution in [0.3, 0.4) is 0 Å². The molecule has 0 spiro atoms. The van der Waals surface area contributed by atoms with E-state index in [0.717, 1.165) is 18.5 Å². The summed E-state index contributed by atoms with van der Waals surface area (Å²) in [5.41, 5.74) is 0.734. The number of carbonyl (C=O) groups excluding carboxylic acids is 2. The van der Waals surface area contributed by atoms with Gasteiger partial charge < -0.3 is 15.0 Å². The zero-order valence-corrected chi connectivity index (χ0v) is 14.0. The van der Waals surface area contributed by atoms with Crippen molar-refractivity contribution in [3.63, 3.8) is 0 Å². The number of hydrogen-bond acceptors (Lipinski definition) is 3. The van der Waals surface area contributed by atoms with Crippen LogP contribution in [-0.4, -0.2) is 32.0 Å². The van der Waals surface area contributed by atoms with Crippen molar-refractivity contribution in [3.05, 3.63) is 24.3 Å². The average Bonchev–Trinajstić information content (AvgIpc) is 2.96. The number of benzene rings is 1. The Kier molecular flexibility index (Phi) is 6.44. The lowest BCUT2D eigenvalue weighted by atomic mass is 10.1. The van der Waals surface area contributed by atoms with Gasteiger partial charge in [0.15, 0.2) is 0 Å². The first kappa shape index (κ1) is 17.3. The van der Waals surface area contributed by atoms with Crippen LogP contribution in [0.4, 0.5) is 5.69 Å². The number of para-hydroxylation sites is 2. The Bertz CT molecular complexity index is 545. The van der Waals surface area contributed by atoms with Gasteiger partial charge in [-0.25, -0.2) is 0 Å². The molecule has 1 aliphatic rings. The van der Waals surface area contributed by atoms with Gasteiger partial charge in [0.25, 0.3) is 0 Å². The van der Waals surface area contributed by atoms with Gasteiger partial charge >= 0.3 is 0 Å². The lowest BCUT2D eigenvalue weighted by Gasteiger charge is -2.19. The summed E-state index contributed by atoms with van der Waals surface area (Å²) in [5.74, 6) is 0.327. The zero-order valence-electron chi connectivity index (χ0n) is 14.0. The van der Waals surface area contributed by atoms with Crippen LogP contribution in [0.1, 0.15) is 39.0 Å². The van der Waals surface area contributed by atoms with Gasteiger partial charge in [0.2, 0.25) is 11.8 Å². The van der Waals surface area contributed by atoms with E-state index in [-0.39, 0.29) is 24.2 Å². The number of carbonyl (C=O) groups is 2. The molecule has 1 aliphatic heterocycles. The molecule has 1 saturated heterocycles. The maximum absolute atomic E-state index is 12.3. The molecule has 2 rings (SSSR count). The molecule has 1 unspecified atom stereocenters. The van der Waals surface area contributed by atoms with E-state index in [9.17, 15) is 9.59 Å². The van der Waals surface area contributed by atoms with Gasteiger partial charge in [0, 0.05) is 19.5 Å². The second kappa shape index (κ2) is 8.56. The van der Waals surface area contributed by atoms with Crippen LogP contribution in [0.5, 0.6) is 5.75 Å². The molecule has 0 saturated carbocycles. The molecule has 1 atom stereocenters. The van der Waals surface area contributed by atoms with E-state index in [4.69, 9.17) is 4.74 Å². The largest absolute Gasteiger partial charge is 0.495 e. The minimum Gasteiger partial charge on any atom is -0.495 e. The number of rotatable bonds is 8. The molecule has 1 N–H and O–H groups in total. The number of ether oxygens (including phenoxy) is 1. The Labute approximate surface area is 138 Å². The summed E-state index contributed by atoms with van der Waals surface area (Å²) < 4.78 is 5.31. The minimum absolute atomic E-state index is 0.0211. The number of nitrogens with zero attached hydrogens (tertiary/aromatic N) is 1. The molecule has 2 amide bonds. The van der Waals surface area contributed by atoms with Gasteiger partial charge in [-0.3, -0.25) is 9.59 Å². The van der Waals surface area contributed by atoms with E-state index < -0.39 is 0 Å². The molecule has 126 valence electrons. The normalized spacial score (nSPS) is 17.4. The molecule has 23 heavy (non-hydrogen) atoms. The standard InChI is InChI=1S/C18H26N2O3/c1-3-4-5-8-11-19-18(22)14-12-17(21)20(13-14)15-9-6-7-10-16(15)23-2/h6-7,9-10,14H,3-5,8,11-13H2,1-2H3,(H,19,22). The van der Waals surface area contributed by atoms with E-state index in [2.05, 4.69) is 12.2 Å². The monoisotopic (exact) mass is 318 g/mol. The van der Waals surface area contributed by atoms with Crippen LogP contribution < -0.4 is 15.0 Å². The predicted molar refractivity (Wildman–Crippen MR) is 90.6 cm³/mol. The van der Waals surface area contributed by atoms with Gasteiger partial charge in [-0.05, 0) is 18.6 Å². The highest BCUT2D eigenvalue weighted by molar-refractivity contribution is 6.01. The highest BCUT2D eigenvalue weighted by atomic mass is 16.5. The summed E-state index contributed by atoms with van der Waals surface area (Å²) in [6.07, 6.45) is 4.77. The van der Waals surface area contributed by atoms with Gasteiger partial charge in [0.05, 0.1) is 18.7 Å². The van der Waals surface area contributed by atoms with E-state index in [0.29, 0.717) is 18.8 Å². The van der Waals surface area contributed by atoms with E-state index in [1.54, 1.807) is 12.0 Å². The lowest BCUT2D eigenvalue weighted by Crippen LogP contribution is -2.33. The number of nitrogens with one attached hydrogen (secondary N) is 1. The fourth-order valence-electron chi connectivity index (χ4n) is 2.88. The summed E-state index contributed by atoms with van der Waals surface area (Å²) in [4.78, 5) is 26.1. The second-order valence-electron chi connectivity index (χ2n) is 5.93. The molecule has 1 aromatic carbocycles. The highest BCUT2D eigenvalue weighted by Gasteiger charge is 2.35. The number of anilines is 1. The first-order valence-electron chi connectivity index (χ1n) is 8.38. The van der Waals surface area contributed by atoms with Crippen molar-refractivity contribution in [1.82, 2.24) is 5.32 Å². The molecular weight excluding hydrogens is 292 g/mol. The molecule has 5 heteroatoms. The van der Waals surface area contributed by atoms with Crippen LogP contribution in [0.2, 0.25) is 0 Å². The fraction of sp³-hybridized carbons (Fsp3) is 0.556. The van der Waals surface area contributed by atoms with Crippen LogP contribution in [-0.2, 0) is 9.59 Å². The van der Waals surface area contributed by atoms with Crippen molar-refractivity contribution in [2.24, 2.45) is 5.92 Å². The van der Waals surface area contributed by atoms with E-state index in [1.807, 2.05) is 24.3 Å². The SMILES string of the molecule is CCCCCCNC(=O)C1CC(=O)N(c2ccccc2OC)C1. The molecule has 1 heterocycles. The lowest BCUT2D eigenvalue weighted by molar-refractivity contribution is -0.126. The molecule has 0 radical (unpaired) electrons. The summed E-state index contributed by atoms with van der Waals surface area (Å²) in [6, 6.07) is 7.40. The van der Waals surface area contributed by atoms with Crippen molar-refractivity contribution in [2.75, 3.05) is 25.1 Å². The van der Waals surface area contributed by atoms with Crippen LogP contribution in [0.25, 0.3) is 0 Å². The predicted octanol–water partition coefficient (Wildman–Crippen LogP) is 2.74. The number of amides is 2. The Morgan fingerprint density at radius 3 is 2.83 bits per heavy atom. The van der Waals surface area contributed by atoms with Gasteiger partial charge in [-0.1, -0.05) is 38.3 Å². The maximum atomic E-state index is 12.3. The molecule has 0 aliphatic carbocycles. The van der Waals surface area contributed by atoms with Crippen molar-refractivity contribution in [2.45, 2.75) is 39.0 Å². The summed E-state index contributed by atoms with van der Waals surface area (Å²) >= 11 is 0. The third-order valence-electron chi connectivity index (χ3n) is 4.20. The molecule has 1 aromatic rings. The fourth-order valence-corrected chi connectivity index (χ4v) is 2.88. The number of unbranched alkanes of at least 4 members (excludes halogenated alkanes) is 3. The summed E-state index contributed by atoms with van der Waals surface area (Å²) in [7, 11) is 1.58. The van der Waals surface area contributed by atoms with Crippen molar-refractivity contribution in [3.8, 4) is 5.75 Å². The smallest absolute Gasteiger partial charge is 0.227 e. The zero-order chi connectivity index (χ0) is 16.7. The molecule has 0 aromatic heterocycles. The van der Waals surface area contributed by atoms with Crippen molar-refractivity contribution < 1.29 is 14.3 Å². The quantitative estimate of drug-likeness (QED) is 0.750. The average molecular weight is 318 g/mol. The van der Waals surface area contributed by atoms with Crippen molar-refractivity contribution >= 4 is 17.5 Å². The van der Waals surface area contributed by atoms with Crippen molar-refractivity contribution in [1.29, 1.82) is 0 Å². The maximum Gasteiger partial charge on any atom is 0.227 e. The molecule has 0 bridgehead atoms. The Balaban J connectivity index is 1.90. The van der Waals surface area contributed by atoms with Crippen LogP contribution in [0, 0.1) is 5.92 Å².